The van der Waals surface area contributed by atoms with Crippen molar-refractivity contribution in [2.75, 3.05) is 19.4 Å². The van der Waals surface area contributed by atoms with Crippen molar-refractivity contribution in [3.8, 4) is 5.82 Å². The predicted molar refractivity (Wildman–Crippen MR) is 171 cm³/mol. The summed E-state index contributed by atoms with van der Waals surface area (Å²) >= 11 is 0. The van der Waals surface area contributed by atoms with Gasteiger partial charge in [0, 0.05) is 41.1 Å². The molecular formula is C33H40N8O2. The summed E-state index contributed by atoms with van der Waals surface area (Å²) in [6, 6.07) is 13.8. The lowest BCUT2D eigenvalue weighted by molar-refractivity contribution is 0.0738. The van der Waals surface area contributed by atoms with Crippen molar-refractivity contribution in [1.29, 1.82) is 0 Å². The van der Waals surface area contributed by atoms with Crippen LogP contribution in [0.25, 0.3) is 27.8 Å². The van der Waals surface area contributed by atoms with E-state index in [2.05, 4.69) is 69.8 Å². The Kier molecular flexibility index (Phi) is 7.43. The van der Waals surface area contributed by atoms with Crippen LogP contribution < -0.4 is 10.9 Å². The van der Waals surface area contributed by atoms with Gasteiger partial charge in [-0.15, -0.1) is 6.58 Å². The number of hydrogen-bond acceptors (Lipinski definition) is 7. The van der Waals surface area contributed by atoms with Crippen LogP contribution in [0.1, 0.15) is 51.6 Å². The van der Waals surface area contributed by atoms with Gasteiger partial charge < -0.3 is 19.9 Å². The molecule has 10 nitrogen and oxygen atoms in total. The van der Waals surface area contributed by atoms with Crippen molar-refractivity contribution in [2.24, 2.45) is 0 Å². The van der Waals surface area contributed by atoms with Gasteiger partial charge in [-0.3, -0.25) is 4.79 Å². The minimum atomic E-state index is -1.15. The van der Waals surface area contributed by atoms with Crippen molar-refractivity contribution in [3.05, 3.63) is 83.6 Å². The molecule has 0 amide bonds. The van der Waals surface area contributed by atoms with Crippen molar-refractivity contribution in [2.45, 2.75) is 70.2 Å². The van der Waals surface area contributed by atoms with Gasteiger partial charge in [-0.1, -0.05) is 25.0 Å². The molecule has 1 saturated carbocycles. The zero-order valence-corrected chi connectivity index (χ0v) is 25.4. The first-order valence-electron chi connectivity index (χ1n) is 14.9. The number of aromatic nitrogens is 6. The van der Waals surface area contributed by atoms with Crippen LogP contribution in [0.5, 0.6) is 0 Å². The summed E-state index contributed by atoms with van der Waals surface area (Å²) in [6.45, 7) is 8.41. The number of benzene rings is 1. The Morgan fingerprint density at radius 3 is 2.65 bits per heavy atom. The van der Waals surface area contributed by atoms with Crippen LogP contribution in [0.4, 0.5) is 11.6 Å². The number of hydrogen-bond donors (Lipinski definition) is 2. The predicted octanol–water partition coefficient (Wildman–Crippen LogP) is 5.35. The lowest BCUT2D eigenvalue weighted by Crippen LogP contribution is -2.42. The van der Waals surface area contributed by atoms with Crippen LogP contribution >= 0.6 is 0 Å². The van der Waals surface area contributed by atoms with Gasteiger partial charge in [0.25, 0.3) is 5.56 Å². The molecule has 1 aliphatic carbocycles. The van der Waals surface area contributed by atoms with Crippen LogP contribution in [0, 0.1) is 0 Å². The fourth-order valence-corrected chi connectivity index (χ4v) is 6.38. The van der Waals surface area contributed by atoms with Gasteiger partial charge in [0.05, 0.1) is 12.2 Å². The first-order valence-corrected chi connectivity index (χ1v) is 14.9. The molecule has 6 rings (SSSR count). The largest absolute Gasteiger partial charge is 0.384 e. The second-order valence-corrected chi connectivity index (χ2v) is 12.3. The van der Waals surface area contributed by atoms with Gasteiger partial charge in [0.1, 0.15) is 11.0 Å². The molecule has 10 heteroatoms. The Morgan fingerprint density at radius 2 is 1.93 bits per heavy atom. The Labute approximate surface area is 251 Å². The zero-order valence-electron chi connectivity index (χ0n) is 25.4. The van der Waals surface area contributed by atoms with Crippen molar-refractivity contribution in [1.82, 2.24) is 33.8 Å². The molecule has 2 N–H and O–H groups in total. The average Bonchev–Trinajstić information content (AvgIpc) is 3.69. The van der Waals surface area contributed by atoms with Crippen molar-refractivity contribution in [3.63, 3.8) is 0 Å². The standard InChI is InChI=1S/C33H40N8O2/c1-6-18-40-30(42)25-22-34-31(37-29(25)41(40)28-11-9-10-27(36-28)32(2,3)43)35-24-12-13-26-23(21-24)14-19-39(26)20-17-33(38(4)5)15-7-8-16-33/h6,9-14,19,21-22,43H,1,7-8,15-18,20H2,2-5H3,(H,34,35,37). The first-order chi connectivity index (χ1) is 20.6. The number of nitrogens with zero attached hydrogens (tertiary/aromatic N) is 7. The third-order valence-corrected chi connectivity index (χ3v) is 8.88. The fraction of sp³-hybridized carbons (Fsp3) is 0.394. The van der Waals surface area contributed by atoms with E-state index in [1.165, 1.54) is 35.9 Å². The summed E-state index contributed by atoms with van der Waals surface area (Å²) in [7, 11) is 4.43. The summed E-state index contributed by atoms with van der Waals surface area (Å²) in [5.74, 6) is 0.832. The lowest BCUT2D eigenvalue weighted by Gasteiger charge is -2.36. The normalized spacial score (nSPS) is 15.1. The van der Waals surface area contributed by atoms with E-state index < -0.39 is 5.60 Å². The van der Waals surface area contributed by atoms with E-state index in [1.54, 1.807) is 49.0 Å². The maximum absolute atomic E-state index is 13.3. The Balaban J connectivity index is 1.31. The number of aliphatic hydroxyl groups is 1. The van der Waals surface area contributed by atoms with Gasteiger partial charge in [-0.25, -0.2) is 19.3 Å². The second-order valence-electron chi connectivity index (χ2n) is 12.3. The van der Waals surface area contributed by atoms with Crippen molar-refractivity contribution < 1.29 is 5.11 Å². The average molecular weight is 581 g/mol. The van der Waals surface area contributed by atoms with E-state index in [0.29, 0.717) is 34.0 Å². The van der Waals surface area contributed by atoms with Crippen LogP contribution in [0.2, 0.25) is 0 Å². The minimum Gasteiger partial charge on any atom is -0.384 e. The first kappa shape index (κ1) is 28.8. The Hall–Kier alpha value is -4.28. The molecule has 0 aliphatic heterocycles. The highest BCUT2D eigenvalue weighted by Crippen LogP contribution is 2.37. The van der Waals surface area contributed by atoms with Crippen LogP contribution in [0.15, 0.2) is 72.3 Å². The molecule has 0 spiro atoms. The van der Waals surface area contributed by atoms with E-state index in [0.717, 1.165) is 24.0 Å². The summed E-state index contributed by atoms with van der Waals surface area (Å²) in [5.41, 5.74) is 1.86. The molecule has 0 saturated heterocycles. The molecule has 1 fully saturated rings. The number of fused-ring (bicyclic) bond motifs is 2. The summed E-state index contributed by atoms with van der Waals surface area (Å²) in [6.07, 6.45) is 11.7. The number of allylic oxidation sites excluding steroid dienone is 1. The molecular weight excluding hydrogens is 540 g/mol. The third kappa shape index (κ3) is 5.36. The van der Waals surface area contributed by atoms with Gasteiger partial charge in [0.15, 0.2) is 11.5 Å². The molecule has 1 aliphatic rings. The van der Waals surface area contributed by atoms with E-state index in [-0.39, 0.29) is 12.1 Å². The second kappa shape index (κ2) is 11.1. The number of rotatable bonds is 10. The molecule has 43 heavy (non-hydrogen) atoms. The van der Waals surface area contributed by atoms with Gasteiger partial charge in [-0.05, 0) is 83.6 Å². The van der Waals surface area contributed by atoms with Gasteiger partial charge in [0.2, 0.25) is 5.95 Å². The highest BCUT2D eigenvalue weighted by molar-refractivity contribution is 5.85. The molecule has 4 aromatic heterocycles. The quantitative estimate of drug-likeness (QED) is 0.215. The maximum atomic E-state index is 13.3. The molecule has 0 radical (unpaired) electrons. The molecule has 0 unspecified atom stereocenters. The van der Waals surface area contributed by atoms with Crippen LogP contribution in [0.3, 0.4) is 0 Å². The number of nitrogens with one attached hydrogen (secondary N) is 1. The molecule has 5 aromatic rings. The molecule has 1 aromatic carbocycles. The highest BCUT2D eigenvalue weighted by Gasteiger charge is 2.35. The number of pyridine rings is 1. The number of anilines is 2. The highest BCUT2D eigenvalue weighted by atomic mass is 16.3. The van der Waals surface area contributed by atoms with Crippen LogP contribution in [-0.2, 0) is 18.7 Å². The van der Waals surface area contributed by atoms with Crippen molar-refractivity contribution >= 4 is 33.6 Å². The molecule has 0 bridgehead atoms. The number of aryl methyl sites for hydroxylation is 1. The minimum absolute atomic E-state index is 0.242. The third-order valence-electron chi connectivity index (χ3n) is 8.88. The molecule has 0 atom stereocenters. The van der Waals surface area contributed by atoms with Crippen LogP contribution in [-0.4, -0.2) is 58.5 Å². The fourth-order valence-electron chi connectivity index (χ4n) is 6.38. The summed E-state index contributed by atoms with van der Waals surface area (Å²) in [4.78, 5) is 29.6. The SMILES string of the molecule is C=CCn1c(=O)c2cnc(Nc3ccc4c(ccn4CCC4(N(C)C)CCCC4)c3)nc2n1-c1cccc(C(C)(C)O)n1. The zero-order chi connectivity index (χ0) is 30.4. The molecule has 4 heterocycles. The summed E-state index contributed by atoms with van der Waals surface area (Å²) < 4.78 is 5.53. The van der Waals surface area contributed by atoms with E-state index in [9.17, 15) is 9.90 Å². The Bertz CT molecular complexity index is 1850. The van der Waals surface area contributed by atoms with E-state index >= 15 is 0 Å². The lowest BCUT2D eigenvalue weighted by atomic mass is 9.92. The molecule has 224 valence electrons. The smallest absolute Gasteiger partial charge is 0.278 e. The maximum Gasteiger partial charge on any atom is 0.278 e. The monoisotopic (exact) mass is 580 g/mol. The van der Waals surface area contributed by atoms with Gasteiger partial charge >= 0.3 is 0 Å². The summed E-state index contributed by atoms with van der Waals surface area (Å²) in [5, 5.41) is 15.4. The van der Waals surface area contributed by atoms with E-state index in [4.69, 9.17) is 4.98 Å². The topological polar surface area (TPSA) is 106 Å². The van der Waals surface area contributed by atoms with Gasteiger partial charge in [-0.2, -0.15) is 4.98 Å². The Morgan fingerprint density at radius 1 is 1.14 bits per heavy atom. The van der Waals surface area contributed by atoms with E-state index in [1.807, 2.05) is 6.07 Å².